The van der Waals surface area contributed by atoms with Crippen LogP contribution in [0, 0.1) is 0 Å². The molecule has 0 aromatic rings. The average molecular weight is 1020 g/mol. The fraction of sp³-hybridized carbons (Fsp3) is 0.911. The minimum Gasteiger partial charge on any atom is -0.393 e. The third-order valence-corrected chi connectivity index (χ3v) is 15.0. The molecular formula is C56H108NO12P. The topological polar surface area (TPSA) is 226 Å². The highest BCUT2D eigenvalue weighted by molar-refractivity contribution is 7.47. The Labute approximate surface area is 426 Å². The molecule has 8 atom stereocenters. The molecule has 13 nitrogen and oxygen atoms in total. The maximum atomic E-state index is 13.1. The Morgan fingerprint density at radius 3 is 1.26 bits per heavy atom. The minimum absolute atomic E-state index is 0.248. The van der Waals surface area contributed by atoms with E-state index in [1.54, 1.807) is 6.08 Å². The van der Waals surface area contributed by atoms with Gasteiger partial charge in [-0.05, 0) is 32.1 Å². The monoisotopic (exact) mass is 1020 g/mol. The summed E-state index contributed by atoms with van der Waals surface area (Å²) in [7, 11) is -5.15. The number of hydrogen-bond donors (Lipinski definition) is 9. The number of nitrogens with one attached hydrogen (secondary N) is 1. The molecule has 0 aromatic carbocycles. The Kier molecular flexibility index (Phi) is 43.1. The highest BCUT2D eigenvalue weighted by atomic mass is 31.2. The number of carbonyl (C=O) groups is 1. The molecule has 0 saturated heterocycles. The Hall–Kier alpha value is -1.22. The summed E-state index contributed by atoms with van der Waals surface area (Å²) >= 11 is 0. The largest absolute Gasteiger partial charge is 0.472 e. The van der Waals surface area contributed by atoms with Crippen molar-refractivity contribution in [2.75, 3.05) is 6.61 Å². The summed E-state index contributed by atoms with van der Waals surface area (Å²) in [5.74, 6) is -0.597. The van der Waals surface area contributed by atoms with Crippen molar-refractivity contribution < 1.29 is 59.0 Å². The van der Waals surface area contributed by atoms with Gasteiger partial charge in [0, 0.05) is 0 Å². The van der Waals surface area contributed by atoms with Crippen LogP contribution in [0.4, 0.5) is 0 Å². The van der Waals surface area contributed by atoms with Crippen LogP contribution >= 0.6 is 7.82 Å². The number of carbonyl (C=O) groups excluding carboxylic acids is 1. The molecule has 1 saturated carbocycles. The van der Waals surface area contributed by atoms with Crippen LogP contribution in [0.25, 0.3) is 0 Å². The van der Waals surface area contributed by atoms with Gasteiger partial charge in [0.2, 0.25) is 5.91 Å². The second-order valence-electron chi connectivity index (χ2n) is 20.7. The van der Waals surface area contributed by atoms with Gasteiger partial charge in [-0.2, -0.15) is 0 Å². The van der Waals surface area contributed by atoms with Crippen molar-refractivity contribution in [1.82, 2.24) is 5.32 Å². The van der Waals surface area contributed by atoms with Crippen LogP contribution < -0.4 is 5.32 Å². The number of rotatable bonds is 49. The number of phosphoric ester groups is 1. The highest BCUT2D eigenvalue weighted by Gasteiger charge is 2.51. The third kappa shape index (κ3) is 35.8. The zero-order valence-electron chi connectivity index (χ0n) is 44.4. The quantitative estimate of drug-likeness (QED) is 0.0158. The highest BCUT2D eigenvalue weighted by Crippen LogP contribution is 2.47. The van der Waals surface area contributed by atoms with Gasteiger partial charge in [-0.1, -0.05) is 250 Å². The Bertz CT molecular complexity index is 1290. The summed E-state index contributed by atoms with van der Waals surface area (Å²) in [4.78, 5) is 23.6. The standard InChI is InChI=1S/C56H108NO12P/c1-3-5-7-9-11-13-15-17-19-21-23-24-26-27-29-31-33-35-37-39-41-43-47(58)45-50(60)57-48(46-68-70(66,67)69-56-54(64)52(62)51(61)53(63)55(56)65)49(59)44-42-40-38-36-34-32-30-28-25-22-20-18-16-14-12-10-8-6-4-2/h34,36,42,44,47-49,51-56,58-59,61-65H,3-33,35,37-41,43,45-46H2,1-2H3,(H,57,60)(H,66,67)/b36-34+,44-42+. The first kappa shape index (κ1) is 66.8. The number of phosphoric acid groups is 1. The van der Waals surface area contributed by atoms with E-state index in [4.69, 9.17) is 9.05 Å². The molecule has 9 N–H and O–H groups in total. The van der Waals surface area contributed by atoms with E-state index in [2.05, 4.69) is 31.3 Å². The summed E-state index contributed by atoms with van der Waals surface area (Å²) in [6.45, 7) is 3.78. The second-order valence-corrected chi connectivity index (χ2v) is 22.1. The second kappa shape index (κ2) is 45.2. The summed E-state index contributed by atoms with van der Waals surface area (Å²) in [6.07, 6.45) is 39.8. The molecule has 1 aliphatic carbocycles. The molecule has 1 aliphatic rings. The van der Waals surface area contributed by atoms with Crippen molar-refractivity contribution in [3.8, 4) is 0 Å². The number of unbranched alkanes of at least 4 members (excludes halogenated alkanes) is 34. The van der Waals surface area contributed by atoms with Crippen LogP contribution in [0.3, 0.4) is 0 Å². The first-order valence-electron chi connectivity index (χ1n) is 28.9. The molecule has 0 radical (unpaired) electrons. The molecule has 70 heavy (non-hydrogen) atoms. The SMILES string of the molecule is CCCCCCCCCCCCCCC/C=C/CC/C=C/C(O)C(COP(=O)(O)OC1C(O)C(O)C(O)C(O)C1O)NC(=O)CC(O)CCCCCCCCCCCCCCCCCCCCCCC. The number of allylic oxidation sites excluding steroid dienone is 3. The van der Waals surface area contributed by atoms with Crippen LogP contribution in [0.2, 0.25) is 0 Å². The average Bonchev–Trinajstić information content (AvgIpc) is 3.34. The normalized spacial score (nSPS) is 21.9. The number of hydrogen-bond acceptors (Lipinski definition) is 11. The van der Waals surface area contributed by atoms with Gasteiger partial charge in [-0.25, -0.2) is 4.57 Å². The van der Waals surface area contributed by atoms with Crippen LogP contribution in [0.15, 0.2) is 24.3 Å². The molecule has 0 heterocycles. The van der Waals surface area contributed by atoms with Gasteiger partial charge in [-0.3, -0.25) is 13.8 Å². The van der Waals surface area contributed by atoms with Gasteiger partial charge in [0.25, 0.3) is 0 Å². The van der Waals surface area contributed by atoms with E-state index in [1.165, 1.54) is 192 Å². The Morgan fingerprint density at radius 2 is 0.843 bits per heavy atom. The zero-order valence-corrected chi connectivity index (χ0v) is 45.3. The first-order valence-corrected chi connectivity index (χ1v) is 30.4. The Balaban J connectivity index is 2.42. The van der Waals surface area contributed by atoms with Crippen LogP contribution in [-0.4, -0.2) is 108 Å². The van der Waals surface area contributed by atoms with E-state index in [0.29, 0.717) is 12.8 Å². The van der Waals surface area contributed by atoms with Crippen molar-refractivity contribution in [3.63, 3.8) is 0 Å². The maximum absolute atomic E-state index is 13.1. The lowest BCUT2D eigenvalue weighted by atomic mass is 9.85. The lowest BCUT2D eigenvalue weighted by Crippen LogP contribution is -2.64. The van der Waals surface area contributed by atoms with E-state index < -0.39 is 75.2 Å². The molecule has 0 spiro atoms. The minimum atomic E-state index is -5.15. The molecule has 8 unspecified atom stereocenters. The van der Waals surface area contributed by atoms with Crippen LogP contribution in [0.1, 0.15) is 264 Å². The first-order chi connectivity index (χ1) is 33.8. The van der Waals surface area contributed by atoms with Gasteiger partial charge in [0.15, 0.2) is 0 Å². The lowest BCUT2D eigenvalue weighted by molar-refractivity contribution is -0.220. The number of aliphatic hydroxyl groups is 7. The Morgan fingerprint density at radius 1 is 0.500 bits per heavy atom. The van der Waals surface area contributed by atoms with Gasteiger partial charge in [0.1, 0.15) is 36.6 Å². The molecule has 14 heteroatoms. The van der Waals surface area contributed by atoms with E-state index in [0.717, 1.165) is 44.9 Å². The predicted octanol–water partition coefficient (Wildman–Crippen LogP) is 11.9. The smallest absolute Gasteiger partial charge is 0.393 e. The van der Waals surface area contributed by atoms with Gasteiger partial charge in [-0.15, -0.1) is 0 Å². The summed E-state index contributed by atoms with van der Waals surface area (Å²) in [5, 5.41) is 74.8. The summed E-state index contributed by atoms with van der Waals surface area (Å²) < 4.78 is 23.0. The third-order valence-electron chi connectivity index (χ3n) is 14.0. The summed E-state index contributed by atoms with van der Waals surface area (Å²) in [6, 6.07) is -1.25. The van der Waals surface area contributed by atoms with Crippen LogP contribution in [0.5, 0.6) is 0 Å². The van der Waals surface area contributed by atoms with Crippen LogP contribution in [-0.2, 0) is 18.4 Å². The predicted molar refractivity (Wildman–Crippen MR) is 284 cm³/mol. The lowest BCUT2D eigenvalue weighted by Gasteiger charge is -2.41. The zero-order chi connectivity index (χ0) is 51.5. The molecule has 0 aromatic heterocycles. The van der Waals surface area contributed by atoms with Crippen molar-refractivity contribution >= 4 is 13.7 Å². The molecule has 0 bridgehead atoms. The molecule has 1 fully saturated rings. The molecule has 414 valence electrons. The van der Waals surface area contributed by atoms with Crippen molar-refractivity contribution in [1.29, 1.82) is 0 Å². The fourth-order valence-electron chi connectivity index (χ4n) is 9.38. The summed E-state index contributed by atoms with van der Waals surface area (Å²) in [5.41, 5.74) is 0. The van der Waals surface area contributed by atoms with Gasteiger partial charge < -0.3 is 46.0 Å². The van der Waals surface area contributed by atoms with Crippen molar-refractivity contribution in [2.24, 2.45) is 0 Å². The van der Waals surface area contributed by atoms with Gasteiger partial charge in [0.05, 0.1) is 31.3 Å². The number of aliphatic hydroxyl groups excluding tert-OH is 7. The fourth-order valence-corrected chi connectivity index (χ4v) is 10.3. The molecule has 1 rings (SSSR count). The van der Waals surface area contributed by atoms with E-state index in [1.807, 2.05) is 0 Å². The molecular weight excluding hydrogens is 910 g/mol. The molecule has 1 amide bonds. The van der Waals surface area contributed by atoms with Crippen molar-refractivity contribution in [2.45, 2.75) is 319 Å². The molecule has 0 aliphatic heterocycles. The van der Waals surface area contributed by atoms with E-state index in [-0.39, 0.29) is 6.42 Å². The number of amides is 1. The van der Waals surface area contributed by atoms with Crippen molar-refractivity contribution in [3.05, 3.63) is 24.3 Å². The maximum Gasteiger partial charge on any atom is 0.472 e. The van der Waals surface area contributed by atoms with E-state index >= 15 is 0 Å². The van der Waals surface area contributed by atoms with Gasteiger partial charge >= 0.3 is 7.82 Å². The van der Waals surface area contributed by atoms with E-state index in [9.17, 15) is 50.0 Å².